The lowest BCUT2D eigenvalue weighted by molar-refractivity contribution is -0.142. The van der Waals surface area contributed by atoms with Crippen LogP contribution in [0.4, 0.5) is 0 Å². The van der Waals surface area contributed by atoms with E-state index in [4.69, 9.17) is 9.15 Å². The lowest BCUT2D eigenvalue weighted by Gasteiger charge is -2.07. The second kappa shape index (κ2) is 7.98. The van der Waals surface area contributed by atoms with Crippen LogP contribution in [-0.2, 0) is 9.53 Å². The Balaban J connectivity index is 1.66. The molecule has 1 amide bonds. The molecule has 0 spiro atoms. The van der Waals surface area contributed by atoms with Crippen molar-refractivity contribution in [2.45, 2.75) is 0 Å². The molecule has 1 N–H and O–H groups in total. The molecular formula is C19H16N2O5. The van der Waals surface area contributed by atoms with Crippen LogP contribution in [0.25, 0.3) is 11.0 Å². The van der Waals surface area contributed by atoms with Crippen LogP contribution in [0, 0.1) is 0 Å². The van der Waals surface area contributed by atoms with Crippen LogP contribution < -0.4 is 10.2 Å². The van der Waals surface area contributed by atoms with Gasteiger partial charge in [-0.25, -0.2) is 10.2 Å². The molecule has 0 atom stereocenters. The summed E-state index contributed by atoms with van der Waals surface area (Å²) >= 11 is 0. The summed E-state index contributed by atoms with van der Waals surface area (Å²) in [6, 6.07) is 15.9. The van der Waals surface area contributed by atoms with Gasteiger partial charge in [-0.2, -0.15) is 5.10 Å². The lowest BCUT2D eigenvalue weighted by atomic mass is 10.2. The van der Waals surface area contributed by atoms with E-state index >= 15 is 0 Å². The third kappa shape index (κ3) is 4.07. The van der Waals surface area contributed by atoms with Crippen molar-refractivity contribution in [3.05, 3.63) is 65.9 Å². The number of esters is 1. The molecule has 0 unspecified atom stereocenters. The minimum absolute atomic E-state index is 0.165. The van der Waals surface area contributed by atoms with Gasteiger partial charge in [-0.3, -0.25) is 4.79 Å². The largest absolute Gasteiger partial charge is 0.481 e. The smallest absolute Gasteiger partial charge is 0.343 e. The molecule has 0 saturated heterocycles. The number of carbonyl (C=O) groups is 2. The minimum Gasteiger partial charge on any atom is -0.481 e. The Labute approximate surface area is 149 Å². The minimum atomic E-state index is -0.491. The molecule has 7 heteroatoms. The first-order valence-corrected chi connectivity index (χ1v) is 7.78. The molecule has 0 aliphatic carbocycles. The number of benzene rings is 2. The summed E-state index contributed by atoms with van der Waals surface area (Å²) in [7, 11) is 1.28. The second-order valence-corrected chi connectivity index (χ2v) is 5.25. The normalized spacial score (nSPS) is 10.8. The molecule has 0 aliphatic heterocycles. The number of para-hydroxylation sites is 2. The third-order valence-corrected chi connectivity index (χ3v) is 3.51. The highest BCUT2D eigenvalue weighted by atomic mass is 16.6. The molecule has 3 rings (SSSR count). The Morgan fingerprint density at radius 3 is 2.73 bits per heavy atom. The zero-order valence-corrected chi connectivity index (χ0v) is 14.0. The fourth-order valence-corrected chi connectivity index (χ4v) is 2.22. The summed E-state index contributed by atoms with van der Waals surface area (Å²) in [5, 5.41) is 4.75. The number of fused-ring (bicyclic) bond motifs is 1. The molecule has 0 fully saturated rings. The molecule has 7 nitrogen and oxygen atoms in total. The highest BCUT2D eigenvalue weighted by molar-refractivity contribution is 5.96. The van der Waals surface area contributed by atoms with Crippen LogP contribution >= 0.6 is 0 Å². The van der Waals surface area contributed by atoms with Gasteiger partial charge in [-0.15, -0.1) is 0 Å². The number of carbonyl (C=O) groups excluding carboxylic acids is 2. The summed E-state index contributed by atoms with van der Waals surface area (Å²) in [4.78, 5) is 23.3. The number of hydrazone groups is 1. The van der Waals surface area contributed by atoms with Crippen LogP contribution in [0.15, 0.2) is 64.1 Å². The predicted octanol–water partition coefficient (Wildman–Crippen LogP) is 2.75. The summed E-state index contributed by atoms with van der Waals surface area (Å²) in [6.07, 6.45) is 1.42. The highest BCUT2D eigenvalue weighted by Crippen LogP contribution is 2.19. The van der Waals surface area contributed by atoms with Crippen LogP contribution in [0.1, 0.15) is 16.1 Å². The fraction of sp³-hybridized carbons (Fsp3) is 0.105. The van der Waals surface area contributed by atoms with Gasteiger partial charge in [0.05, 0.1) is 13.3 Å². The van der Waals surface area contributed by atoms with Crippen molar-refractivity contribution in [1.29, 1.82) is 0 Å². The topological polar surface area (TPSA) is 90.1 Å². The number of hydrogen-bond acceptors (Lipinski definition) is 6. The van der Waals surface area contributed by atoms with Gasteiger partial charge in [0.15, 0.2) is 12.4 Å². The molecule has 0 saturated carbocycles. The van der Waals surface area contributed by atoms with E-state index in [0.29, 0.717) is 16.9 Å². The van der Waals surface area contributed by atoms with Gasteiger partial charge < -0.3 is 13.9 Å². The fourth-order valence-electron chi connectivity index (χ4n) is 2.22. The standard InChI is InChI=1S/C19H16N2O5/c1-24-18(22)12-25-15-8-4-3-7-14(15)11-20-21-19(23)17-10-13-6-2-5-9-16(13)26-17/h2-11H,12H2,1H3,(H,21,23)/b20-11+. The average Bonchev–Trinajstić information content (AvgIpc) is 3.11. The van der Waals surface area contributed by atoms with E-state index in [1.54, 1.807) is 36.4 Å². The third-order valence-electron chi connectivity index (χ3n) is 3.51. The first kappa shape index (κ1) is 17.2. The average molecular weight is 352 g/mol. The van der Waals surface area contributed by atoms with Crippen molar-refractivity contribution in [3.8, 4) is 5.75 Å². The summed E-state index contributed by atoms with van der Waals surface area (Å²) in [5.41, 5.74) is 3.63. The number of nitrogens with zero attached hydrogens (tertiary/aromatic N) is 1. The maximum absolute atomic E-state index is 12.1. The highest BCUT2D eigenvalue weighted by Gasteiger charge is 2.11. The van der Waals surface area contributed by atoms with E-state index in [2.05, 4.69) is 15.3 Å². The Morgan fingerprint density at radius 1 is 1.15 bits per heavy atom. The molecular weight excluding hydrogens is 336 g/mol. The number of hydrogen-bond donors (Lipinski definition) is 1. The molecule has 0 aliphatic rings. The zero-order chi connectivity index (χ0) is 18.4. The van der Waals surface area contributed by atoms with Crippen LogP contribution in [-0.4, -0.2) is 31.8 Å². The Kier molecular flexibility index (Phi) is 5.28. The molecule has 26 heavy (non-hydrogen) atoms. The molecule has 132 valence electrons. The van der Waals surface area contributed by atoms with Gasteiger partial charge in [0.25, 0.3) is 0 Å². The Hall–Kier alpha value is -3.61. The van der Waals surface area contributed by atoms with E-state index in [-0.39, 0.29) is 12.4 Å². The molecule has 1 heterocycles. The lowest BCUT2D eigenvalue weighted by Crippen LogP contribution is -2.17. The SMILES string of the molecule is COC(=O)COc1ccccc1/C=N/NC(=O)c1cc2ccccc2o1. The van der Waals surface area contributed by atoms with Crippen LogP contribution in [0.5, 0.6) is 5.75 Å². The summed E-state index contributed by atoms with van der Waals surface area (Å²) < 4.78 is 15.4. The van der Waals surface area contributed by atoms with Gasteiger partial charge in [0.2, 0.25) is 0 Å². The Morgan fingerprint density at radius 2 is 1.92 bits per heavy atom. The van der Waals surface area contributed by atoms with Crippen LogP contribution in [0.3, 0.4) is 0 Å². The number of rotatable bonds is 6. The van der Waals surface area contributed by atoms with Crippen molar-refractivity contribution in [2.24, 2.45) is 5.10 Å². The van der Waals surface area contributed by atoms with Gasteiger partial charge in [-0.1, -0.05) is 30.3 Å². The van der Waals surface area contributed by atoms with Crippen molar-refractivity contribution < 1.29 is 23.5 Å². The van der Waals surface area contributed by atoms with E-state index in [1.165, 1.54) is 13.3 Å². The first-order valence-electron chi connectivity index (χ1n) is 7.78. The van der Waals surface area contributed by atoms with E-state index < -0.39 is 11.9 Å². The van der Waals surface area contributed by atoms with Gasteiger partial charge in [-0.05, 0) is 24.3 Å². The van der Waals surface area contributed by atoms with Gasteiger partial charge in [0.1, 0.15) is 11.3 Å². The number of nitrogens with one attached hydrogen (secondary N) is 1. The first-order chi connectivity index (χ1) is 12.7. The molecule has 1 aromatic heterocycles. The monoisotopic (exact) mass is 352 g/mol. The molecule has 0 radical (unpaired) electrons. The molecule has 3 aromatic rings. The Bertz CT molecular complexity index is 928. The molecule has 0 bridgehead atoms. The number of ether oxygens (including phenoxy) is 2. The van der Waals surface area contributed by atoms with E-state index in [9.17, 15) is 9.59 Å². The summed E-state index contributed by atoms with van der Waals surface area (Å²) in [5.74, 6) is -0.349. The maximum atomic E-state index is 12.1. The van der Waals surface area contributed by atoms with Gasteiger partial charge in [0, 0.05) is 10.9 Å². The van der Waals surface area contributed by atoms with Gasteiger partial charge >= 0.3 is 11.9 Å². The number of amides is 1. The summed E-state index contributed by atoms with van der Waals surface area (Å²) in [6.45, 7) is -0.216. The van der Waals surface area contributed by atoms with E-state index in [1.807, 2.05) is 18.2 Å². The predicted molar refractivity (Wildman–Crippen MR) is 95.2 cm³/mol. The van der Waals surface area contributed by atoms with Crippen molar-refractivity contribution >= 4 is 29.1 Å². The zero-order valence-electron chi connectivity index (χ0n) is 14.0. The van der Waals surface area contributed by atoms with Crippen molar-refractivity contribution in [2.75, 3.05) is 13.7 Å². The maximum Gasteiger partial charge on any atom is 0.343 e. The second-order valence-electron chi connectivity index (χ2n) is 5.25. The van der Waals surface area contributed by atoms with Crippen molar-refractivity contribution in [3.63, 3.8) is 0 Å². The number of methoxy groups -OCH3 is 1. The quantitative estimate of drug-likeness (QED) is 0.418. The van der Waals surface area contributed by atoms with Crippen molar-refractivity contribution in [1.82, 2.24) is 5.43 Å². The number of furan rings is 1. The molecule has 2 aromatic carbocycles. The van der Waals surface area contributed by atoms with Crippen LogP contribution in [0.2, 0.25) is 0 Å². The van der Waals surface area contributed by atoms with E-state index in [0.717, 1.165) is 5.39 Å².